The number of fused-ring (bicyclic) bond motifs is 3. The molecule has 0 bridgehead atoms. The van der Waals surface area contributed by atoms with E-state index in [-0.39, 0.29) is 45.8 Å². The monoisotopic (exact) mass is 512 g/mol. The summed E-state index contributed by atoms with van der Waals surface area (Å²) in [6.07, 6.45) is 12.6. The van der Waals surface area contributed by atoms with E-state index in [1.165, 1.54) is 44.9 Å². The van der Waals surface area contributed by atoms with Crippen molar-refractivity contribution in [3.05, 3.63) is 0 Å². The van der Waals surface area contributed by atoms with Crippen molar-refractivity contribution in [3.63, 3.8) is 0 Å². The third-order valence-corrected chi connectivity index (χ3v) is 14.6. The van der Waals surface area contributed by atoms with Crippen LogP contribution >= 0.6 is 0 Å². The Bertz CT molecular complexity index is 1070. The van der Waals surface area contributed by atoms with Gasteiger partial charge in [-0.1, -0.05) is 41.5 Å². The van der Waals surface area contributed by atoms with Crippen LogP contribution in [0, 0.1) is 50.7 Å². The standard InChI is InChI=1S/C32H48O5/c1-19-16-31(36-25(19)34)17-20(2)32(37-31)15-12-27(6)23-9-8-22-26(4,5)24(35-21(3)33)10-11-29(22)18-30(23,29)14-13-28(27,32)7/h19-20,22-24H,8-18H2,1-7H3/t19-,20-,22+,23-,24-,27+,28+,29-,30-,31+,32-/m1/s1. The van der Waals surface area contributed by atoms with Gasteiger partial charge in [0.15, 0.2) is 0 Å². The quantitative estimate of drug-likeness (QED) is 0.361. The molecule has 2 aliphatic heterocycles. The van der Waals surface area contributed by atoms with Gasteiger partial charge in [0.25, 0.3) is 0 Å². The van der Waals surface area contributed by atoms with Gasteiger partial charge in [-0.2, -0.15) is 0 Å². The average Bonchev–Trinajstić information content (AvgIpc) is 3.16. The summed E-state index contributed by atoms with van der Waals surface area (Å²) in [6.45, 7) is 15.9. The fourth-order valence-electron chi connectivity index (χ4n) is 12.9. The summed E-state index contributed by atoms with van der Waals surface area (Å²) in [6, 6.07) is 0. The highest BCUT2D eigenvalue weighted by Gasteiger charge is 2.85. The summed E-state index contributed by atoms with van der Waals surface area (Å²) in [5.74, 6) is 0.796. The van der Waals surface area contributed by atoms with Gasteiger partial charge in [-0.25, -0.2) is 0 Å². The molecule has 5 heteroatoms. The molecule has 0 amide bonds. The second-order valence-electron chi connectivity index (χ2n) is 15.9. The molecule has 0 aromatic carbocycles. The van der Waals surface area contributed by atoms with Crippen LogP contribution < -0.4 is 0 Å². The lowest BCUT2D eigenvalue weighted by Gasteiger charge is -2.64. The third-order valence-electron chi connectivity index (χ3n) is 14.6. The molecule has 7 rings (SSSR count). The Morgan fingerprint density at radius 3 is 2.27 bits per heavy atom. The molecule has 5 aliphatic carbocycles. The number of rotatable bonds is 1. The third kappa shape index (κ3) is 2.63. The zero-order valence-electron chi connectivity index (χ0n) is 24.2. The van der Waals surface area contributed by atoms with E-state index in [1.807, 2.05) is 6.92 Å². The Hall–Kier alpha value is -1.10. The van der Waals surface area contributed by atoms with Gasteiger partial charge in [0.05, 0.1) is 11.5 Å². The van der Waals surface area contributed by atoms with E-state index in [9.17, 15) is 9.59 Å². The van der Waals surface area contributed by atoms with Gasteiger partial charge in [-0.05, 0) is 91.8 Å². The molecule has 0 N–H and O–H groups in total. The summed E-state index contributed by atoms with van der Waals surface area (Å²) in [5, 5.41) is 0. The molecule has 7 fully saturated rings. The molecule has 206 valence electrons. The Kier molecular flexibility index (Phi) is 4.69. The molecule has 2 saturated heterocycles. The lowest BCUT2D eigenvalue weighted by Crippen LogP contribution is -2.61. The van der Waals surface area contributed by atoms with E-state index in [0.717, 1.165) is 25.2 Å². The van der Waals surface area contributed by atoms with Gasteiger partial charge in [0, 0.05) is 30.6 Å². The maximum Gasteiger partial charge on any atom is 0.311 e. The van der Waals surface area contributed by atoms with E-state index < -0.39 is 5.79 Å². The second kappa shape index (κ2) is 6.96. The number of hydrogen-bond acceptors (Lipinski definition) is 5. The van der Waals surface area contributed by atoms with Gasteiger partial charge in [-0.15, -0.1) is 0 Å². The van der Waals surface area contributed by atoms with Crippen LogP contribution in [0.15, 0.2) is 0 Å². The van der Waals surface area contributed by atoms with Crippen LogP contribution in [0.3, 0.4) is 0 Å². The Balaban J connectivity index is 1.21. The van der Waals surface area contributed by atoms with Gasteiger partial charge in [0.1, 0.15) is 6.10 Å². The van der Waals surface area contributed by atoms with Crippen molar-refractivity contribution in [1.29, 1.82) is 0 Å². The molecule has 7 aliphatic rings. The predicted octanol–water partition coefficient (Wildman–Crippen LogP) is 6.82. The minimum Gasteiger partial charge on any atom is -0.462 e. The highest BCUT2D eigenvalue weighted by atomic mass is 16.7. The van der Waals surface area contributed by atoms with Gasteiger partial charge >= 0.3 is 11.9 Å². The Morgan fingerprint density at radius 2 is 1.59 bits per heavy atom. The first-order valence-electron chi connectivity index (χ1n) is 15.3. The van der Waals surface area contributed by atoms with Crippen molar-refractivity contribution in [1.82, 2.24) is 0 Å². The molecule has 0 unspecified atom stereocenters. The normalized spacial score (nSPS) is 58.9. The summed E-state index contributed by atoms with van der Waals surface area (Å²) < 4.78 is 19.1. The topological polar surface area (TPSA) is 61.8 Å². The molecule has 5 saturated carbocycles. The van der Waals surface area contributed by atoms with E-state index in [2.05, 4.69) is 34.6 Å². The first kappa shape index (κ1) is 24.9. The van der Waals surface area contributed by atoms with Crippen LogP contribution in [-0.4, -0.2) is 29.4 Å². The number of carbonyl (C=O) groups excluding carboxylic acids is 2. The molecular weight excluding hydrogens is 464 g/mol. The Morgan fingerprint density at radius 1 is 0.892 bits per heavy atom. The van der Waals surface area contributed by atoms with E-state index in [4.69, 9.17) is 14.2 Å². The summed E-state index contributed by atoms with van der Waals surface area (Å²) >= 11 is 0. The molecular formula is C32H48O5. The maximum atomic E-state index is 12.4. The van der Waals surface area contributed by atoms with E-state index in [0.29, 0.717) is 29.1 Å². The predicted molar refractivity (Wildman–Crippen MR) is 139 cm³/mol. The van der Waals surface area contributed by atoms with Crippen LogP contribution in [0.4, 0.5) is 0 Å². The number of esters is 2. The zero-order valence-corrected chi connectivity index (χ0v) is 24.2. The number of ether oxygens (including phenoxy) is 3. The molecule has 5 nitrogen and oxygen atoms in total. The van der Waals surface area contributed by atoms with Crippen molar-refractivity contribution in [2.75, 3.05) is 0 Å². The number of carbonyl (C=O) groups is 2. The second-order valence-corrected chi connectivity index (χ2v) is 15.9. The Labute approximate surface area is 223 Å². The number of hydrogen-bond donors (Lipinski definition) is 0. The van der Waals surface area contributed by atoms with Crippen molar-refractivity contribution >= 4 is 11.9 Å². The molecule has 37 heavy (non-hydrogen) atoms. The van der Waals surface area contributed by atoms with Gasteiger partial charge in [0.2, 0.25) is 5.79 Å². The first-order valence-corrected chi connectivity index (χ1v) is 15.3. The largest absolute Gasteiger partial charge is 0.462 e. The summed E-state index contributed by atoms with van der Waals surface area (Å²) in [5.41, 5.74) is 1.05. The minimum absolute atomic E-state index is 0.0371. The lowest BCUT2D eigenvalue weighted by atomic mass is 9.41. The van der Waals surface area contributed by atoms with E-state index >= 15 is 0 Å². The average molecular weight is 513 g/mol. The molecule has 11 atom stereocenters. The highest BCUT2D eigenvalue weighted by molar-refractivity contribution is 5.74. The van der Waals surface area contributed by atoms with Crippen molar-refractivity contribution in [2.45, 2.75) is 137 Å². The van der Waals surface area contributed by atoms with Crippen molar-refractivity contribution in [3.8, 4) is 0 Å². The van der Waals surface area contributed by atoms with Crippen LogP contribution in [0.1, 0.15) is 119 Å². The summed E-state index contributed by atoms with van der Waals surface area (Å²) in [7, 11) is 0. The fourth-order valence-corrected chi connectivity index (χ4v) is 12.9. The summed E-state index contributed by atoms with van der Waals surface area (Å²) in [4.78, 5) is 24.3. The maximum absolute atomic E-state index is 12.4. The zero-order chi connectivity index (χ0) is 26.4. The van der Waals surface area contributed by atoms with Crippen LogP contribution in [0.25, 0.3) is 0 Å². The van der Waals surface area contributed by atoms with Crippen LogP contribution in [0.5, 0.6) is 0 Å². The van der Waals surface area contributed by atoms with Gasteiger partial charge in [-0.3, -0.25) is 9.59 Å². The van der Waals surface area contributed by atoms with Gasteiger partial charge < -0.3 is 14.2 Å². The van der Waals surface area contributed by atoms with Crippen molar-refractivity contribution in [2.24, 2.45) is 50.7 Å². The van der Waals surface area contributed by atoms with Crippen molar-refractivity contribution < 1.29 is 23.8 Å². The SMILES string of the molecule is CC(=O)O[C@@H]1CC[C@]23C[C@@]24CC[C@@]2(C)[C@@](C)(CC[C@]25O[C@@]2(C[C@@H](C)C(=O)O2)C[C@H]5C)[C@H]4CC[C@H]3C1(C)C. The molecule has 4 spiro atoms. The fraction of sp³-hybridized carbons (Fsp3) is 0.938. The minimum atomic E-state index is -0.698. The first-order chi connectivity index (χ1) is 17.2. The van der Waals surface area contributed by atoms with Crippen LogP contribution in [0.2, 0.25) is 0 Å². The highest BCUT2D eigenvalue weighted by Crippen LogP contribution is 2.90. The molecule has 2 heterocycles. The molecule has 0 aromatic heterocycles. The smallest absolute Gasteiger partial charge is 0.311 e. The van der Waals surface area contributed by atoms with E-state index in [1.54, 1.807) is 6.92 Å². The molecule has 0 radical (unpaired) electrons. The van der Waals surface area contributed by atoms with Crippen LogP contribution in [-0.2, 0) is 23.8 Å². The molecule has 0 aromatic rings. The lowest BCUT2D eigenvalue weighted by molar-refractivity contribution is -0.269.